The fraction of sp³-hybridized carbons (Fsp3) is 0.667. The van der Waals surface area contributed by atoms with Gasteiger partial charge >= 0.3 is 0 Å². The summed E-state index contributed by atoms with van der Waals surface area (Å²) in [4.78, 5) is 11.0. The summed E-state index contributed by atoms with van der Waals surface area (Å²) >= 11 is 0. The number of carbonyl (C=O) groups is 1. The summed E-state index contributed by atoms with van der Waals surface area (Å²) in [7, 11) is 0. The molecule has 62 valence electrons. The first-order valence-electron chi connectivity index (χ1n) is 4.03. The Morgan fingerprint density at radius 3 is 3.00 bits per heavy atom. The van der Waals surface area contributed by atoms with Crippen LogP contribution in [0.5, 0.6) is 0 Å². The molecule has 0 saturated heterocycles. The van der Waals surface area contributed by atoms with E-state index >= 15 is 0 Å². The van der Waals surface area contributed by atoms with Crippen molar-refractivity contribution in [2.75, 3.05) is 6.61 Å². The van der Waals surface area contributed by atoms with Crippen molar-refractivity contribution in [3.63, 3.8) is 0 Å². The molecule has 0 aromatic carbocycles. The van der Waals surface area contributed by atoms with Crippen LogP contribution in [0.4, 0.5) is 0 Å². The lowest BCUT2D eigenvalue weighted by molar-refractivity contribution is -0.125. The number of rotatable bonds is 2. The third-order valence-corrected chi connectivity index (χ3v) is 2.25. The molecule has 0 amide bonds. The van der Waals surface area contributed by atoms with E-state index in [9.17, 15) is 4.79 Å². The fourth-order valence-electron chi connectivity index (χ4n) is 1.39. The van der Waals surface area contributed by atoms with Crippen LogP contribution in [0.25, 0.3) is 0 Å². The van der Waals surface area contributed by atoms with Gasteiger partial charge in [0, 0.05) is 5.92 Å². The molecule has 1 rings (SSSR count). The third-order valence-electron chi connectivity index (χ3n) is 2.25. The second-order valence-electron chi connectivity index (χ2n) is 3.15. The number of hydrogen-bond donors (Lipinski definition) is 1. The number of hydrogen-bond acceptors (Lipinski definition) is 2. The SMILES string of the molecule is CC1=CCC(C(=O)CO)CC1. The zero-order valence-electron chi connectivity index (χ0n) is 6.84. The van der Waals surface area contributed by atoms with Gasteiger partial charge < -0.3 is 5.11 Å². The lowest BCUT2D eigenvalue weighted by Crippen LogP contribution is -2.19. The van der Waals surface area contributed by atoms with Gasteiger partial charge in [0.05, 0.1) is 0 Å². The van der Waals surface area contributed by atoms with E-state index in [2.05, 4.69) is 13.0 Å². The number of allylic oxidation sites excluding steroid dienone is 2. The lowest BCUT2D eigenvalue weighted by atomic mass is 9.87. The van der Waals surface area contributed by atoms with Gasteiger partial charge in [-0.25, -0.2) is 0 Å². The predicted molar refractivity (Wildman–Crippen MR) is 43.2 cm³/mol. The summed E-state index contributed by atoms with van der Waals surface area (Å²) in [5.74, 6) is 0.0810. The quantitative estimate of drug-likeness (QED) is 0.608. The third kappa shape index (κ3) is 2.15. The van der Waals surface area contributed by atoms with Crippen LogP contribution >= 0.6 is 0 Å². The molecule has 0 aromatic heterocycles. The van der Waals surface area contributed by atoms with Crippen molar-refractivity contribution in [2.45, 2.75) is 26.2 Å². The molecule has 0 aliphatic heterocycles. The van der Waals surface area contributed by atoms with Crippen LogP contribution in [0, 0.1) is 5.92 Å². The maximum atomic E-state index is 11.0. The van der Waals surface area contributed by atoms with Crippen molar-refractivity contribution in [1.29, 1.82) is 0 Å². The molecule has 0 heterocycles. The van der Waals surface area contributed by atoms with E-state index in [1.807, 2.05) is 0 Å². The van der Waals surface area contributed by atoms with Crippen LogP contribution < -0.4 is 0 Å². The predicted octanol–water partition coefficient (Wildman–Crippen LogP) is 1.29. The van der Waals surface area contributed by atoms with E-state index in [0.717, 1.165) is 19.3 Å². The van der Waals surface area contributed by atoms with Crippen molar-refractivity contribution in [3.05, 3.63) is 11.6 Å². The van der Waals surface area contributed by atoms with E-state index in [4.69, 9.17) is 5.11 Å². The Bertz CT molecular complexity index is 182. The molecule has 0 spiro atoms. The summed E-state index contributed by atoms with van der Waals surface area (Å²) in [6.07, 6.45) is 4.85. The highest BCUT2D eigenvalue weighted by molar-refractivity contribution is 5.82. The van der Waals surface area contributed by atoms with E-state index in [1.165, 1.54) is 5.57 Å². The highest BCUT2D eigenvalue weighted by Crippen LogP contribution is 2.23. The smallest absolute Gasteiger partial charge is 0.161 e. The Morgan fingerprint density at radius 1 is 1.82 bits per heavy atom. The largest absolute Gasteiger partial charge is 0.389 e. The van der Waals surface area contributed by atoms with Crippen molar-refractivity contribution < 1.29 is 9.90 Å². The molecule has 1 N–H and O–H groups in total. The number of aliphatic hydroxyl groups is 1. The zero-order valence-corrected chi connectivity index (χ0v) is 6.84. The first-order chi connectivity index (χ1) is 5.24. The maximum Gasteiger partial charge on any atom is 0.161 e. The van der Waals surface area contributed by atoms with Crippen LogP contribution in [-0.2, 0) is 4.79 Å². The van der Waals surface area contributed by atoms with Crippen LogP contribution in [0.3, 0.4) is 0 Å². The van der Waals surface area contributed by atoms with Crippen LogP contribution in [0.2, 0.25) is 0 Å². The number of Topliss-reactive ketones (excluding diaryl/α,β-unsaturated/α-hetero) is 1. The monoisotopic (exact) mass is 154 g/mol. The number of carbonyl (C=O) groups excluding carboxylic acids is 1. The molecule has 1 unspecified atom stereocenters. The second kappa shape index (κ2) is 3.67. The van der Waals surface area contributed by atoms with Gasteiger partial charge in [-0.05, 0) is 26.2 Å². The summed E-state index contributed by atoms with van der Waals surface area (Å²) in [6.45, 7) is 1.79. The summed E-state index contributed by atoms with van der Waals surface area (Å²) in [5, 5.41) is 8.58. The molecule has 1 aliphatic carbocycles. The van der Waals surface area contributed by atoms with Gasteiger partial charge in [-0.3, -0.25) is 4.79 Å². The first kappa shape index (κ1) is 8.47. The highest BCUT2D eigenvalue weighted by atomic mass is 16.3. The molecule has 0 bridgehead atoms. The van der Waals surface area contributed by atoms with E-state index in [-0.39, 0.29) is 18.3 Å². The Labute approximate surface area is 66.9 Å². The summed E-state index contributed by atoms with van der Waals surface area (Å²) in [6, 6.07) is 0. The molecule has 1 atom stereocenters. The number of ketones is 1. The molecule has 0 saturated carbocycles. The minimum absolute atomic E-state index is 0.00579. The topological polar surface area (TPSA) is 37.3 Å². The van der Waals surface area contributed by atoms with E-state index in [0.29, 0.717) is 0 Å². The first-order valence-corrected chi connectivity index (χ1v) is 4.03. The average Bonchev–Trinajstić information content (AvgIpc) is 2.05. The standard InChI is InChI=1S/C9H14O2/c1-7-2-4-8(5-3-7)9(11)6-10/h2,8,10H,3-6H2,1H3. The van der Waals surface area contributed by atoms with Gasteiger partial charge in [0.25, 0.3) is 0 Å². The molecule has 11 heavy (non-hydrogen) atoms. The van der Waals surface area contributed by atoms with Crippen molar-refractivity contribution in [2.24, 2.45) is 5.92 Å². The number of aliphatic hydroxyl groups excluding tert-OH is 1. The normalized spacial score (nSPS) is 24.5. The van der Waals surface area contributed by atoms with Crippen LogP contribution in [0.15, 0.2) is 11.6 Å². The van der Waals surface area contributed by atoms with Gasteiger partial charge in [0.1, 0.15) is 6.61 Å². The van der Waals surface area contributed by atoms with Crippen molar-refractivity contribution in [1.82, 2.24) is 0 Å². The molecule has 0 fully saturated rings. The van der Waals surface area contributed by atoms with Gasteiger partial charge in [0.2, 0.25) is 0 Å². The Balaban J connectivity index is 2.47. The van der Waals surface area contributed by atoms with E-state index < -0.39 is 0 Å². The second-order valence-corrected chi connectivity index (χ2v) is 3.15. The van der Waals surface area contributed by atoms with Crippen molar-refractivity contribution >= 4 is 5.78 Å². The Hall–Kier alpha value is -0.630. The van der Waals surface area contributed by atoms with Gasteiger partial charge in [-0.15, -0.1) is 0 Å². The maximum absolute atomic E-state index is 11.0. The summed E-state index contributed by atoms with van der Waals surface area (Å²) in [5.41, 5.74) is 1.37. The van der Waals surface area contributed by atoms with Gasteiger partial charge in [0.15, 0.2) is 5.78 Å². The molecular weight excluding hydrogens is 140 g/mol. The zero-order chi connectivity index (χ0) is 8.27. The van der Waals surface area contributed by atoms with Crippen molar-refractivity contribution in [3.8, 4) is 0 Å². The molecule has 0 radical (unpaired) electrons. The van der Waals surface area contributed by atoms with Gasteiger partial charge in [-0.1, -0.05) is 11.6 Å². The van der Waals surface area contributed by atoms with Crippen LogP contribution in [0.1, 0.15) is 26.2 Å². The minimum atomic E-state index is -0.294. The van der Waals surface area contributed by atoms with Gasteiger partial charge in [-0.2, -0.15) is 0 Å². The molecule has 0 aromatic rings. The highest BCUT2D eigenvalue weighted by Gasteiger charge is 2.18. The molecular formula is C9H14O2. The Morgan fingerprint density at radius 2 is 2.55 bits per heavy atom. The fourth-order valence-corrected chi connectivity index (χ4v) is 1.39. The molecule has 1 aliphatic rings. The molecule has 2 nitrogen and oxygen atoms in total. The van der Waals surface area contributed by atoms with Crippen LogP contribution in [-0.4, -0.2) is 17.5 Å². The molecule has 2 heteroatoms. The average molecular weight is 154 g/mol. The van der Waals surface area contributed by atoms with E-state index in [1.54, 1.807) is 0 Å². The summed E-state index contributed by atoms with van der Waals surface area (Å²) < 4.78 is 0. The lowest BCUT2D eigenvalue weighted by Gasteiger charge is -2.17. The minimum Gasteiger partial charge on any atom is -0.389 e. The Kier molecular flexibility index (Phi) is 2.83.